The van der Waals surface area contributed by atoms with Crippen LogP contribution in [0.3, 0.4) is 0 Å². The molecule has 2 aliphatic heterocycles. The number of aromatic nitrogens is 2. The Kier molecular flexibility index (Phi) is 4.91. The van der Waals surface area contributed by atoms with Crippen molar-refractivity contribution in [3.05, 3.63) is 48.0 Å². The Balaban J connectivity index is 1.58. The molecule has 6 heteroatoms. The van der Waals surface area contributed by atoms with Gasteiger partial charge in [0.05, 0.1) is 25.7 Å². The maximum atomic E-state index is 13.3. The zero-order chi connectivity index (χ0) is 18.9. The van der Waals surface area contributed by atoms with E-state index in [0.29, 0.717) is 32.8 Å². The van der Waals surface area contributed by atoms with Crippen LogP contribution in [-0.2, 0) is 22.6 Å². The fourth-order valence-electron chi connectivity index (χ4n) is 4.05. The monoisotopic (exact) mass is 369 g/mol. The molecule has 0 N–H and O–H groups in total. The number of para-hydroxylation sites is 1. The first-order chi connectivity index (χ1) is 13.1. The van der Waals surface area contributed by atoms with Crippen molar-refractivity contribution in [2.75, 3.05) is 19.8 Å². The summed E-state index contributed by atoms with van der Waals surface area (Å²) < 4.78 is 14.1. The molecule has 0 saturated carbocycles. The summed E-state index contributed by atoms with van der Waals surface area (Å²) in [6.07, 6.45) is 5.32. The van der Waals surface area contributed by atoms with Crippen LogP contribution >= 0.6 is 0 Å². The number of amides is 1. The second-order valence-corrected chi connectivity index (χ2v) is 7.73. The SMILES string of the molecule is Cc1nccn1CC(C)C(=O)N1Cc2ccccc2OC2(CCOCC2)C1. The summed E-state index contributed by atoms with van der Waals surface area (Å²) in [5.41, 5.74) is 0.714. The van der Waals surface area contributed by atoms with Gasteiger partial charge in [0.2, 0.25) is 5.91 Å². The van der Waals surface area contributed by atoms with Gasteiger partial charge in [-0.1, -0.05) is 25.1 Å². The van der Waals surface area contributed by atoms with E-state index in [0.717, 1.165) is 30.0 Å². The van der Waals surface area contributed by atoms with Gasteiger partial charge in [-0.25, -0.2) is 4.98 Å². The fraction of sp³-hybridized carbons (Fsp3) is 0.524. The van der Waals surface area contributed by atoms with Crippen LogP contribution in [0.15, 0.2) is 36.7 Å². The highest BCUT2D eigenvalue weighted by atomic mass is 16.5. The number of imidazole rings is 1. The van der Waals surface area contributed by atoms with Crippen molar-refractivity contribution in [2.45, 2.75) is 45.4 Å². The van der Waals surface area contributed by atoms with E-state index in [4.69, 9.17) is 9.47 Å². The minimum atomic E-state index is -0.356. The van der Waals surface area contributed by atoms with Gasteiger partial charge < -0.3 is 18.9 Å². The van der Waals surface area contributed by atoms with Gasteiger partial charge in [-0.05, 0) is 13.0 Å². The highest BCUT2D eigenvalue weighted by Gasteiger charge is 2.41. The lowest BCUT2D eigenvalue weighted by molar-refractivity contribution is -0.140. The van der Waals surface area contributed by atoms with Crippen LogP contribution in [0.4, 0.5) is 0 Å². The van der Waals surface area contributed by atoms with E-state index in [1.165, 1.54) is 0 Å². The van der Waals surface area contributed by atoms with Crippen molar-refractivity contribution >= 4 is 5.91 Å². The number of rotatable bonds is 3. The Morgan fingerprint density at radius 3 is 2.81 bits per heavy atom. The number of hydrogen-bond donors (Lipinski definition) is 0. The van der Waals surface area contributed by atoms with Crippen LogP contribution < -0.4 is 4.74 Å². The van der Waals surface area contributed by atoms with Gasteiger partial charge in [-0.3, -0.25) is 4.79 Å². The van der Waals surface area contributed by atoms with Crippen LogP contribution in [0.5, 0.6) is 5.75 Å². The summed E-state index contributed by atoms with van der Waals surface area (Å²) in [5.74, 6) is 1.86. The quantitative estimate of drug-likeness (QED) is 0.835. The molecule has 0 aliphatic carbocycles. The first kappa shape index (κ1) is 18.0. The normalized spacial score (nSPS) is 19.9. The second-order valence-electron chi connectivity index (χ2n) is 7.73. The van der Waals surface area contributed by atoms with Crippen LogP contribution in [0.25, 0.3) is 0 Å². The third kappa shape index (κ3) is 3.72. The molecule has 144 valence electrons. The number of aryl methyl sites for hydroxylation is 1. The minimum absolute atomic E-state index is 0.125. The largest absolute Gasteiger partial charge is 0.485 e. The van der Waals surface area contributed by atoms with Gasteiger partial charge in [0.15, 0.2) is 0 Å². The fourth-order valence-corrected chi connectivity index (χ4v) is 4.05. The Hall–Kier alpha value is -2.34. The lowest BCUT2D eigenvalue weighted by Gasteiger charge is -2.39. The molecule has 27 heavy (non-hydrogen) atoms. The number of carbonyl (C=O) groups excluding carboxylic acids is 1. The summed E-state index contributed by atoms with van der Waals surface area (Å²) in [5, 5.41) is 0. The van der Waals surface area contributed by atoms with E-state index in [9.17, 15) is 4.79 Å². The number of nitrogens with zero attached hydrogens (tertiary/aromatic N) is 3. The predicted octanol–water partition coefficient (Wildman–Crippen LogP) is 2.80. The van der Waals surface area contributed by atoms with Crippen molar-refractivity contribution in [1.29, 1.82) is 0 Å². The molecule has 2 aliphatic rings. The average Bonchev–Trinajstić information content (AvgIpc) is 2.99. The van der Waals surface area contributed by atoms with E-state index in [1.807, 2.05) is 47.7 Å². The van der Waals surface area contributed by atoms with Crippen LogP contribution in [-0.4, -0.2) is 45.7 Å². The topological polar surface area (TPSA) is 56.6 Å². The van der Waals surface area contributed by atoms with E-state index in [1.54, 1.807) is 6.20 Å². The number of fused-ring (bicyclic) bond motifs is 1. The van der Waals surface area contributed by atoms with E-state index in [-0.39, 0.29) is 17.4 Å². The van der Waals surface area contributed by atoms with Crippen molar-refractivity contribution in [2.24, 2.45) is 5.92 Å². The van der Waals surface area contributed by atoms with E-state index in [2.05, 4.69) is 11.1 Å². The van der Waals surface area contributed by atoms with Gasteiger partial charge >= 0.3 is 0 Å². The van der Waals surface area contributed by atoms with Gasteiger partial charge in [0.25, 0.3) is 0 Å². The molecule has 0 radical (unpaired) electrons. The smallest absolute Gasteiger partial charge is 0.227 e. The first-order valence-corrected chi connectivity index (χ1v) is 9.67. The zero-order valence-electron chi connectivity index (χ0n) is 16.1. The lowest BCUT2D eigenvalue weighted by atomic mass is 9.93. The molecule has 1 amide bonds. The summed E-state index contributed by atoms with van der Waals surface area (Å²) in [6, 6.07) is 8.07. The highest BCUT2D eigenvalue weighted by Crippen LogP contribution is 2.35. The van der Waals surface area contributed by atoms with Crippen molar-refractivity contribution in [1.82, 2.24) is 14.5 Å². The summed E-state index contributed by atoms with van der Waals surface area (Å²) >= 11 is 0. The second kappa shape index (κ2) is 7.35. The van der Waals surface area contributed by atoms with Gasteiger partial charge in [0.1, 0.15) is 17.2 Å². The molecule has 1 saturated heterocycles. The standard InChI is InChI=1S/C21H27N3O3/c1-16(13-23-10-9-22-17(23)2)20(25)24-14-18-5-3-4-6-19(18)27-21(15-24)7-11-26-12-8-21/h3-6,9-10,16H,7-8,11-15H2,1-2H3. The molecule has 1 aromatic heterocycles. The predicted molar refractivity (Wildman–Crippen MR) is 101 cm³/mol. The number of hydrogen-bond acceptors (Lipinski definition) is 4. The Bertz CT molecular complexity index is 811. The Labute approximate surface area is 160 Å². The number of carbonyl (C=O) groups is 1. The third-order valence-electron chi connectivity index (χ3n) is 5.67. The molecule has 1 atom stereocenters. The Morgan fingerprint density at radius 2 is 2.07 bits per heavy atom. The lowest BCUT2D eigenvalue weighted by Crippen LogP contribution is -2.51. The molecule has 3 heterocycles. The zero-order valence-corrected chi connectivity index (χ0v) is 16.1. The van der Waals surface area contributed by atoms with Gasteiger partial charge in [-0.15, -0.1) is 0 Å². The van der Waals surface area contributed by atoms with E-state index >= 15 is 0 Å². The van der Waals surface area contributed by atoms with Gasteiger partial charge in [0, 0.05) is 43.9 Å². The van der Waals surface area contributed by atoms with Crippen LogP contribution in [0, 0.1) is 12.8 Å². The molecule has 1 aromatic carbocycles. The molecule has 1 unspecified atom stereocenters. The molecule has 2 aromatic rings. The summed E-state index contributed by atoms with van der Waals surface area (Å²) in [6.45, 7) is 7.14. The number of benzene rings is 1. The molecular formula is C21H27N3O3. The minimum Gasteiger partial charge on any atom is -0.485 e. The van der Waals surface area contributed by atoms with Crippen molar-refractivity contribution in [3.63, 3.8) is 0 Å². The van der Waals surface area contributed by atoms with Crippen LogP contribution in [0.1, 0.15) is 31.2 Å². The summed E-state index contributed by atoms with van der Waals surface area (Å²) in [7, 11) is 0. The molecule has 6 nitrogen and oxygen atoms in total. The number of ether oxygens (including phenoxy) is 2. The molecule has 1 spiro atoms. The Morgan fingerprint density at radius 1 is 1.30 bits per heavy atom. The first-order valence-electron chi connectivity index (χ1n) is 9.67. The van der Waals surface area contributed by atoms with Gasteiger partial charge in [-0.2, -0.15) is 0 Å². The highest BCUT2D eigenvalue weighted by molar-refractivity contribution is 5.78. The maximum Gasteiger partial charge on any atom is 0.227 e. The molecule has 0 bridgehead atoms. The van der Waals surface area contributed by atoms with Crippen molar-refractivity contribution < 1.29 is 14.3 Å². The molecule has 4 rings (SSSR count). The molecule has 1 fully saturated rings. The van der Waals surface area contributed by atoms with E-state index < -0.39 is 0 Å². The third-order valence-corrected chi connectivity index (χ3v) is 5.67. The van der Waals surface area contributed by atoms with Crippen molar-refractivity contribution in [3.8, 4) is 5.75 Å². The van der Waals surface area contributed by atoms with Crippen LogP contribution in [0.2, 0.25) is 0 Å². The average molecular weight is 369 g/mol. The summed E-state index contributed by atoms with van der Waals surface area (Å²) in [4.78, 5) is 19.6. The maximum absolute atomic E-state index is 13.3. The molecular weight excluding hydrogens is 342 g/mol.